The standard InChI is InChI=1S/C13H26N2/c1-3-15(2)7-6-14-10-13-9-11-4-5-12(13)8-11/h11-14H,3-10H2,1-2H3. The summed E-state index contributed by atoms with van der Waals surface area (Å²) in [5, 5.41) is 3.64. The predicted molar refractivity (Wildman–Crippen MR) is 65.0 cm³/mol. The molecule has 0 aliphatic heterocycles. The van der Waals surface area contributed by atoms with E-state index >= 15 is 0 Å². The maximum absolute atomic E-state index is 3.64. The third kappa shape index (κ3) is 2.94. The molecule has 0 aromatic heterocycles. The van der Waals surface area contributed by atoms with E-state index in [0.717, 1.165) is 30.8 Å². The quantitative estimate of drug-likeness (QED) is 0.674. The summed E-state index contributed by atoms with van der Waals surface area (Å²) in [7, 11) is 2.19. The van der Waals surface area contributed by atoms with E-state index in [2.05, 4.69) is 24.2 Å². The molecule has 0 radical (unpaired) electrons. The van der Waals surface area contributed by atoms with Crippen molar-refractivity contribution in [1.82, 2.24) is 10.2 Å². The van der Waals surface area contributed by atoms with Gasteiger partial charge in [-0.15, -0.1) is 0 Å². The molecule has 2 aliphatic rings. The number of nitrogens with one attached hydrogen (secondary N) is 1. The van der Waals surface area contributed by atoms with Gasteiger partial charge in [0.05, 0.1) is 0 Å². The number of hydrogen-bond donors (Lipinski definition) is 1. The number of rotatable bonds is 6. The van der Waals surface area contributed by atoms with Crippen LogP contribution in [0.2, 0.25) is 0 Å². The summed E-state index contributed by atoms with van der Waals surface area (Å²) in [5.41, 5.74) is 0. The highest BCUT2D eigenvalue weighted by Crippen LogP contribution is 2.47. The van der Waals surface area contributed by atoms with E-state index in [-0.39, 0.29) is 0 Å². The molecule has 2 rings (SSSR count). The van der Waals surface area contributed by atoms with Crippen LogP contribution in [-0.4, -0.2) is 38.1 Å². The zero-order valence-electron chi connectivity index (χ0n) is 10.3. The van der Waals surface area contributed by atoms with E-state index in [1.807, 2.05) is 0 Å². The Bertz CT molecular complexity index is 193. The van der Waals surface area contributed by atoms with E-state index in [9.17, 15) is 0 Å². The molecule has 3 atom stereocenters. The number of likely N-dealkylation sites (N-methyl/N-ethyl adjacent to an activating group) is 1. The fraction of sp³-hybridized carbons (Fsp3) is 1.00. The smallest absolute Gasteiger partial charge is 0.0104 e. The van der Waals surface area contributed by atoms with Crippen LogP contribution >= 0.6 is 0 Å². The molecule has 2 nitrogen and oxygen atoms in total. The normalized spacial score (nSPS) is 34.2. The fourth-order valence-electron chi connectivity index (χ4n) is 3.34. The average Bonchev–Trinajstić information content (AvgIpc) is 2.85. The summed E-state index contributed by atoms with van der Waals surface area (Å²) < 4.78 is 0. The summed E-state index contributed by atoms with van der Waals surface area (Å²) in [6, 6.07) is 0. The average molecular weight is 210 g/mol. The molecule has 2 saturated carbocycles. The molecular formula is C13H26N2. The Morgan fingerprint density at radius 2 is 2.13 bits per heavy atom. The molecule has 0 spiro atoms. The Hall–Kier alpha value is -0.0800. The SMILES string of the molecule is CCN(C)CCNCC1CC2CCC1C2. The first-order valence-corrected chi connectivity index (χ1v) is 6.68. The van der Waals surface area contributed by atoms with Crippen molar-refractivity contribution in [2.24, 2.45) is 17.8 Å². The summed E-state index contributed by atoms with van der Waals surface area (Å²) >= 11 is 0. The van der Waals surface area contributed by atoms with E-state index in [0.29, 0.717) is 0 Å². The summed E-state index contributed by atoms with van der Waals surface area (Å²) in [5.74, 6) is 3.18. The first-order valence-electron chi connectivity index (χ1n) is 6.68. The third-order valence-electron chi connectivity index (χ3n) is 4.50. The van der Waals surface area contributed by atoms with E-state index < -0.39 is 0 Å². The number of hydrogen-bond acceptors (Lipinski definition) is 2. The van der Waals surface area contributed by atoms with Crippen molar-refractivity contribution < 1.29 is 0 Å². The van der Waals surface area contributed by atoms with Crippen LogP contribution in [0.25, 0.3) is 0 Å². The molecule has 88 valence electrons. The molecular weight excluding hydrogens is 184 g/mol. The lowest BCUT2D eigenvalue weighted by Gasteiger charge is -2.22. The Balaban J connectivity index is 1.55. The van der Waals surface area contributed by atoms with Gasteiger partial charge in [0.15, 0.2) is 0 Å². The van der Waals surface area contributed by atoms with Crippen LogP contribution in [0.1, 0.15) is 32.6 Å². The van der Waals surface area contributed by atoms with Crippen LogP contribution < -0.4 is 5.32 Å². The molecule has 2 fully saturated rings. The zero-order valence-corrected chi connectivity index (χ0v) is 10.3. The molecule has 1 N–H and O–H groups in total. The topological polar surface area (TPSA) is 15.3 Å². The van der Waals surface area contributed by atoms with E-state index in [4.69, 9.17) is 0 Å². The van der Waals surface area contributed by atoms with Crippen LogP contribution in [0.4, 0.5) is 0 Å². The van der Waals surface area contributed by atoms with Gasteiger partial charge < -0.3 is 10.2 Å². The van der Waals surface area contributed by atoms with Gasteiger partial charge in [-0.05, 0) is 57.2 Å². The first kappa shape index (κ1) is 11.4. The van der Waals surface area contributed by atoms with Crippen LogP contribution in [0.3, 0.4) is 0 Å². The van der Waals surface area contributed by atoms with Crippen LogP contribution in [0.15, 0.2) is 0 Å². The number of nitrogens with zero attached hydrogens (tertiary/aromatic N) is 1. The maximum atomic E-state index is 3.64. The number of fused-ring (bicyclic) bond motifs is 2. The highest BCUT2D eigenvalue weighted by molar-refractivity contribution is 4.90. The minimum atomic E-state index is 1.01. The van der Waals surface area contributed by atoms with Crippen molar-refractivity contribution in [3.05, 3.63) is 0 Å². The minimum Gasteiger partial charge on any atom is -0.315 e. The second-order valence-corrected chi connectivity index (χ2v) is 5.53. The molecule has 0 aromatic rings. The van der Waals surface area contributed by atoms with Gasteiger partial charge in [0.2, 0.25) is 0 Å². The van der Waals surface area contributed by atoms with E-state index in [1.54, 1.807) is 6.42 Å². The molecule has 2 aliphatic carbocycles. The summed E-state index contributed by atoms with van der Waals surface area (Å²) in [4.78, 5) is 2.37. The molecule has 0 saturated heterocycles. The first-order chi connectivity index (χ1) is 7.29. The predicted octanol–water partition coefficient (Wildman–Crippen LogP) is 1.96. The van der Waals surface area contributed by atoms with Gasteiger partial charge in [-0.2, -0.15) is 0 Å². The Kier molecular flexibility index (Phi) is 4.04. The second kappa shape index (κ2) is 5.31. The van der Waals surface area contributed by atoms with Crippen LogP contribution in [0.5, 0.6) is 0 Å². The molecule has 2 bridgehead atoms. The second-order valence-electron chi connectivity index (χ2n) is 5.53. The van der Waals surface area contributed by atoms with Crippen molar-refractivity contribution in [1.29, 1.82) is 0 Å². The van der Waals surface area contributed by atoms with Crippen molar-refractivity contribution in [2.75, 3.05) is 33.2 Å². The van der Waals surface area contributed by atoms with E-state index in [1.165, 1.54) is 32.4 Å². The zero-order chi connectivity index (χ0) is 10.7. The van der Waals surface area contributed by atoms with Gasteiger partial charge in [-0.25, -0.2) is 0 Å². The Labute approximate surface area is 94.4 Å². The summed E-state index contributed by atoms with van der Waals surface area (Å²) in [6.45, 7) is 7.01. The Morgan fingerprint density at radius 1 is 1.27 bits per heavy atom. The van der Waals surface area contributed by atoms with Gasteiger partial charge in [0.1, 0.15) is 0 Å². The van der Waals surface area contributed by atoms with Gasteiger partial charge in [-0.3, -0.25) is 0 Å². The molecule has 0 amide bonds. The van der Waals surface area contributed by atoms with Crippen molar-refractivity contribution >= 4 is 0 Å². The monoisotopic (exact) mass is 210 g/mol. The van der Waals surface area contributed by atoms with Crippen LogP contribution in [-0.2, 0) is 0 Å². The lowest BCUT2D eigenvalue weighted by atomic mass is 9.89. The Morgan fingerprint density at radius 3 is 2.73 bits per heavy atom. The fourth-order valence-corrected chi connectivity index (χ4v) is 3.34. The molecule has 15 heavy (non-hydrogen) atoms. The molecule has 0 heterocycles. The van der Waals surface area contributed by atoms with Gasteiger partial charge in [0, 0.05) is 13.1 Å². The molecule has 2 heteroatoms. The largest absolute Gasteiger partial charge is 0.315 e. The highest BCUT2D eigenvalue weighted by Gasteiger charge is 2.38. The third-order valence-corrected chi connectivity index (χ3v) is 4.50. The van der Waals surface area contributed by atoms with Crippen molar-refractivity contribution in [3.63, 3.8) is 0 Å². The maximum Gasteiger partial charge on any atom is 0.0104 e. The molecule has 0 aromatic carbocycles. The summed E-state index contributed by atoms with van der Waals surface area (Å²) in [6.07, 6.45) is 6.11. The van der Waals surface area contributed by atoms with Gasteiger partial charge in [0.25, 0.3) is 0 Å². The molecule has 3 unspecified atom stereocenters. The van der Waals surface area contributed by atoms with Gasteiger partial charge in [-0.1, -0.05) is 13.3 Å². The van der Waals surface area contributed by atoms with Crippen molar-refractivity contribution in [3.8, 4) is 0 Å². The van der Waals surface area contributed by atoms with Crippen molar-refractivity contribution in [2.45, 2.75) is 32.6 Å². The lowest BCUT2D eigenvalue weighted by Crippen LogP contribution is -2.33. The van der Waals surface area contributed by atoms with Crippen LogP contribution in [0, 0.1) is 17.8 Å². The van der Waals surface area contributed by atoms with Gasteiger partial charge >= 0.3 is 0 Å². The highest BCUT2D eigenvalue weighted by atomic mass is 15.1. The lowest BCUT2D eigenvalue weighted by molar-refractivity contribution is 0.302. The minimum absolute atomic E-state index is 1.01.